The van der Waals surface area contributed by atoms with Crippen molar-refractivity contribution in [3.8, 4) is 5.69 Å². The molecule has 3 rings (SSSR count). The molecule has 1 saturated heterocycles. The molecule has 0 bridgehead atoms. The number of thioether (sulfide) groups is 1. The molecule has 8 heteroatoms. The summed E-state index contributed by atoms with van der Waals surface area (Å²) in [5, 5.41) is -0.472. The fourth-order valence-electron chi connectivity index (χ4n) is 3.15. The van der Waals surface area contributed by atoms with Crippen LogP contribution in [0.5, 0.6) is 0 Å². The molecule has 0 aromatic carbocycles. The molecule has 2 aromatic rings. The first-order valence-electron chi connectivity index (χ1n) is 8.88. The maximum atomic E-state index is 12.7. The topological polar surface area (TPSA) is 81.5 Å². The van der Waals surface area contributed by atoms with Gasteiger partial charge in [-0.2, -0.15) is 0 Å². The Labute approximate surface area is 167 Å². The molecule has 146 valence electrons. The van der Waals surface area contributed by atoms with Crippen LogP contribution >= 0.6 is 11.8 Å². The minimum Gasteiger partial charge on any atom is -0.464 e. The zero-order valence-corrected chi connectivity index (χ0v) is 16.9. The third kappa shape index (κ3) is 3.60. The Balaban J connectivity index is 1.92. The number of hydrogen-bond acceptors (Lipinski definition) is 6. The van der Waals surface area contributed by atoms with Crippen molar-refractivity contribution in [1.29, 1.82) is 0 Å². The molecule has 1 aliphatic rings. The number of imide groups is 1. The first-order chi connectivity index (χ1) is 13.3. The van der Waals surface area contributed by atoms with Gasteiger partial charge in [-0.3, -0.25) is 19.5 Å². The van der Waals surface area contributed by atoms with Crippen molar-refractivity contribution >= 4 is 35.0 Å². The van der Waals surface area contributed by atoms with Gasteiger partial charge in [0.05, 0.1) is 11.5 Å². The fraction of sp³-hybridized carbons (Fsp3) is 0.300. The van der Waals surface area contributed by atoms with Crippen LogP contribution in [0, 0.1) is 13.8 Å². The van der Waals surface area contributed by atoms with Crippen LogP contribution in [0.25, 0.3) is 11.8 Å². The highest BCUT2D eigenvalue weighted by Crippen LogP contribution is 2.35. The number of amides is 2. The zero-order valence-electron chi connectivity index (χ0n) is 16.1. The molecule has 0 N–H and O–H groups in total. The van der Waals surface area contributed by atoms with E-state index in [9.17, 15) is 14.4 Å². The van der Waals surface area contributed by atoms with Crippen molar-refractivity contribution in [2.75, 3.05) is 6.61 Å². The minimum atomic E-state index is -0.956. The maximum Gasteiger partial charge on any atom is 0.329 e. The van der Waals surface area contributed by atoms with E-state index in [1.165, 1.54) is 6.92 Å². The van der Waals surface area contributed by atoms with Crippen LogP contribution in [0.3, 0.4) is 0 Å². The van der Waals surface area contributed by atoms with Crippen molar-refractivity contribution in [2.45, 2.75) is 33.7 Å². The predicted molar refractivity (Wildman–Crippen MR) is 107 cm³/mol. The minimum absolute atomic E-state index is 0.191. The highest BCUT2D eigenvalue weighted by molar-refractivity contribution is 8.18. The van der Waals surface area contributed by atoms with Gasteiger partial charge >= 0.3 is 5.97 Å². The number of rotatable bonds is 5. The first kappa shape index (κ1) is 19.9. The van der Waals surface area contributed by atoms with Gasteiger partial charge in [0.15, 0.2) is 0 Å². The molecule has 2 amide bonds. The molecule has 3 heterocycles. The highest BCUT2D eigenvalue weighted by Gasteiger charge is 2.41. The van der Waals surface area contributed by atoms with E-state index < -0.39 is 23.2 Å². The summed E-state index contributed by atoms with van der Waals surface area (Å²) in [4.78, 5) is 42.3. The monoisotopic (exact) mass is 399 g/mol. The van der Waals surface area contributed by atoms with Crippen molar-refractivity contribution < 1.29 is 19.1 Å². The standard InChI is InChI=1S/C20H21N3O4S/c1-5-27-19(25)14(4)23-18(24)17(28-20(23)26)11-15-10-12(2)22(13(15)3)16-6-8-21-9-7-16/h6-11,14H,5H2,1-4H3/b17-11-. The lowest BCUT2D eigenvalue weighted by atomic mass is 10.2. The lowest BCUT2D eigenvalue weighted by Crippen LogP contribution is -2.42. The van der Waals surface area contributed by atoms with Crippen LogP contribution in [0.2, 0.25) is 0 Å². The van der Waals surface area contributed by atoms with Crippen LogP contribution in [0.1, 0.15) is 30.8 Å². The number of carbonyl (C=O) groups excluding carboxylic acids is 3. The third-order valence-corrected chi connectivity index (χ3v) is 5.40. The van der Waals surface area contributed by atoms with E-state index in [0.717, 1.165) is 39.3 Å². The normalized spacial score (nSPS) is 16.7. The van der Waals surface area contributed by atoms with Crippen molar-refractivity contribution in [3.05, 3.63) is 52.4 Å². The third-order valence-electron chi connectivity index (χ3n) is 4.52. The molecule has 1 aliphatic heterocycles. The van der Waals surface area contributed by atoms with Crippen LogP contribution < -0.4 is 0 Å². The Bertz CT molecular complexity index is 965. The lowest BCUT2D eigenvalue weighted by molar-refractivity contribution is -0.150. The van der Waals surface area contributed by atoms with Crippen molar-refractivity contribution in [2.24, 2.45) is 0 Å². The van der Waals surface area contributed by atoms with Crippen LogP contribution in [0.4, 0.5) is 4.79 Å². The van der Waals surface area contributed by atoms with Gasteiger partial charge in [0.1, 0.15) is 6.04 Å². The quantitative estimate of drug-likeness (QED) is 0.566. The van der Waals surface area contributed by atoms with E-state index in [4.69, 9.17) is 4.74 Å². The number of pyridine rings is 1. The van der Waals surface area contributed by atoms with Gasteiger partial charge in [0.25, 0.3) is 11.1 Å². The molecule has 28 heavy (non-hydrogen) atoms. The summed E-state index contributed by atoms with van der Waals surface area (Å²) >= 11 is 0.832. The molecule has 0 aliphatic carbocycles. The first-order valence-corrected chi connectivity index (χ1v) is 9.69. The number of aromatic nitrogens is 2. The van der Waals surface area contributed by atoms with E-state index in [-0.39, 0.29) is 11.5 Å². The number of nitrogens with zero attached hydrogens (tertiary/aromatic N) is 3. The molecule has 0 radical (unpaired) electrons. The number of esters is 1. The Kier molecular flexibility index (Phi) is 5.69. The van der Waals surface area contributed by atoms with E-state index in [2.05, 4.69) is 9.55 Å². The summed E-state index contributed by atoms with van der Waals surface area (Å²) in [6.07, 6.45) is 5.13. The Morgan fingerprint density at radius 3 is 2.61 bits per heavy atom. The van der Waals surface area contributed by atoms with Gasteiger partial charge in [-0.25, -0.2) is 4.79 Å². The molecular formula is C20H21N3O4S. The summed E-state index contributed by atoms with van der Waals surface area (Å²) in [7, 11) is 0. The van der Waals surface area contributed by atoms with Gasteiger partial charge in [-0.1, -0.05) is 0 Å². The molecule has 1 unspecified atom stereocenters. The summed E-state index contributed by atoms with van der Waals surface area (Å²) in [5.41, 5.74) is 3.74. The van der Waals surface area contributed by atoms with Gasteiger partial charge in [-0.15, -0.1) is 0 Å². The average Bonchev–Trinajstić information content (AvgIpc) is 3.10. The largest absolute Gasteiger partial charge is 0.464 e. The Morgan fingerprint density at radius 2 is 1.96 bits per heavy atom. The van der Waals surface area contributed by atoms with E-state index in [1.807, 2.05) is 32.0 Å². The summed E-state index contributed by atoms with van der Waals surface area (Å²) in [6.45, 7) is 7.28. The van der Waals surface area contributed by atoms with Gasteiger partial charge in [0, 0.05) is 29.5 Å². The zero-order chi connectivity index (χ0) is 20.4. The number of aryl methyl sites for hydroxylation is 1. The summed E-state index contributed by atoms with van der Waals surface area (Å²) in [5.74, 6) is -1.08. The fourth-order valence-corrected chi connectivity index (χ4v) is 4.05. The molecule has 0 spiro atoms. The predicted octanol–water partition coefficient (Wildman–Crippen LogP) is 3.48. The summed E-state index contributed by atoms with van der Waals surface area (Å²) in [6, 6.07) is 4.80. The molecule has 0 saturated carbocycles. The van der Waals surface area contributed by atoms with Gasteiger partial charge in [-0.05, 0) is 69.3 Å². The second kappa shape index (κ2) is 8.02. The molecule has 1 fully saturated rings. The Hall–Kier alpha value is -2.87. The van der Waals surface area contributed by atoms with Crippen molar-refractivity contribution in [1.82, 2.24) is 14.5 Å². The van der Waals surface area contributed by atoms with Gasteiger partial charge < -0.3 is 9.30 Å². The van der Waals surface area contributed by atoms with Crippen LogP contribution in [-0.4, -0.2) is 44.2 Å². The molecule has 7 nitrogen and oxygen atoms in total. The molecule has 2 aromatic heterocycles. The van der Waals surface area contributed by atoms with Gasteiger partial charge in [0.2, 0.25) is 0 Å². The second-order valence-electron chi connectivity index (χ2n) is 6.35. The second-order valence-corrected chi connectivity index (χ2v) is 7.34. The summed E-state index contributed by atoms with van der Waals surface area (Å²) < 4.78 is 6.99. The SMILES string of the molecule is CCOC(=O)C(C)N1C(=O)S/C(=C\c2cc(C)n(-c3ccncc3)c2C)C1=O. The lowest BCUT2D eigenvalue weighted by Gasteiger charge is -2.19. The number of ether oxygens (including phenoxy) is 1. The average molecular weight is 399 g/mol. The van der Waals surface area contributed by atoms with E-state index >= 15 is 0 Å². The molecular weight excluding hydrogens is 378 g/mol. The molecule has 1 atom stereocenters. The van der Waals surface area contributed by atoms with E-state index in [0.29, 0.717) is 0 Å². The van der Waals surface area contributed by atoms with Crippen molar-refractivity contribution in [3.63, 3.8) is 0 Å². The highest BCUT2D eigenvalue weighted by atomic mass is 32.2. The van der Waals surface area contributed by atoms with Crippen LogP contribution in [-0.2, 0) is 14.3 Å². The van der Waals surface area contributed by atoms with Crippen LogP contribution in [0.15, 0.2) is 35.5 Å². The Morgan fingerprint density at radius 1 is 1.29 bits per heavy atom. The smallest absolute Gasteiger partial charge is 0.329 e. The number of hydrogen-bond donors (Lipinski definition) is 0. The maximum absolute atomic E-state index is 12.7. The number of carbonyl (C=O) groups is 3. The van der Waals surface area contributed by atoms with E-state index in [1.54, 1.807) is 25.4 Å².